The maximum Gasteiger partial charge on any atom is 0.130 e. The molecule has 100 valence electrons. The van der Waals surface area contributed by atoms with E-state index in [-0.39, 0.29) is 5.78 Å². The highest BCUT2D eigenvalue weighted by atomic mass is 35.5. The number of carbonyl (C=O) groups excluding carboxylic acids is 1. The topological polar surface area (TPSA) is 26.3 Å². The quantitative estimate of drug-likeness (QED) is 0.500. The molecule has 0 radical (unpaired) electrons. The molecule has 0 aliphatic carbocycles. The van der Waals surface area contributed by atoms with E-state index in [0.717, 1.165) is 43.9 Å². The van der Waals surface area contributed by atoms with E-state index in [1.807, 2.05) is 24.3 Å². The monoisotopic (exact) mass is 268 g/mol. The maximum absolute atomic E-state index is 10.9. The van der Waals surface area contributed by atoms with E-state index in [4.69, 9.17) is 16.3 Å². The van der Waals surface area contributed by atoms with Crippen molar-refractivity contribution in [1.29, 1.82) is 0 Å². The smallest absolute Gasteiger partial charge is 0.130 e. The van der Waals surface area contributed by atoms with Gasteiger partial charge in [0, 0.05) is 12.3 Å². The second kappa shape index (κ2) is 8.98. The van der Waals surface area contributed by atoms with Gasteiger partial charge in [-0.1, -0.05) is 12.1 Å². The van der Waals surface area contributed by atoms with Crippen LogP contribution in [-0.2, 0) is 11.2 Å². The van der Waals surface area contributed by atoms with Crippen LogP contribution >= 0.6 is 11.6 Å². The van der Waals surface area contributed by atoms with Gasteiger partial charge in [-0.2, -0.15) is 0 Å². The van der Waals surface area contributed by atoms with E-state index in [9.17, 15) is 4.79 Å². The summed E-state index contributed by atoms with van der Waals surface area (Å²) in [6.07, 6.45) is 4.62. The van der Waals surface area contributed by atoms with Crippen molar-refractivity contribution in [2.75, 3.05) is 12.5 Å². The Morgan fingerprint density at radius 3 is 2.50 bits per heavy atom. The van der Waals surface area contributed by atoms with Gasteiger partial charge >= 0.3 is 0 Å². The number of carbonyl (C=O) groups is 1. The molecule has 0 aromatic heterocycles. The molecular formula is C15H21ClO2. The van der Waals surface area contributed by atoms with E-state index in [1.54, 1.807) is 6.92 Å². The third-order valence-electron chi connectivity index (χ3n) is 2.74. The lowest BCUT2D eigenvalue weighted by molar-refractivity contribution is -0.116. The summed E-state index contributed by atoms with van der Waals surface area (Å²) in [5.41, 5.74) is 1.18. The van der Waals surface area contributed by atoms with Crippen LogP contribution in [0, 0.1) is 0 Å². The number of Topliss-reactive ketones (excluding diaryl/α,β-unsaturated/α-hetero) is 1. The summed E-state index contributed by atoms with van der Waals surface area (Å²) < 4.78 is 5.62. The van der Waals surface area contributed by atoms with Crippen LogP contribution < -0.4 is 4.74 Å². The zero-order chi connectivity index (χ0) is 13.2. The summed E-state index contributed by atoms with van der Waals surface area (Å²) in [7, 11) is 0. The molecule has 0 amide bonds. The fourth-order valence-corrected chi connectivity index (χ4v) is 1.83. The summed E-state index contributed by atoms with van der Waals surface area (Å²) in [5.74, 6) is 1.85. The third-order valence-corrected chi connectivity index (χ3v) is 3.00. The van der Waals surface area contributed by atoms with Gasteiger partial charge in [0.15, 0.2) is 0 Å². The zero-order valence-corrected chi connectivity index (χ0v) is 11.7. The molecule has 0 aliphatic rings. The second-order valence-electron chi connectivity index (χ2n) is 4.44. The Bertz CT molecular complexity index is 346. The van der Waals surface area contributed by atoms with Gasteiger partial charge < -0.3 is 9.53 Å². The third kappa shape index (κ3) is 6.65. The Morgan fingerprint density at radius 2 is 1.89 bits per heavy atom. The number of benzene rings is 1. The lowest BCUT2D eigenvalue weighted by Crippen LogP contribution is -1.98. The standard InChI is InChI=1S/C15H21ClO2/c1-13(17)5-6-14-7-9-15(10-8-14)18-12-4-2-3-11-16/h7-10H,2-6,11-12H2,1H3. The van der Waals surface area contributed by atoms with E-state index >= 15 is 0 Å². The summed E-state index contributed by atoms with van der Waals surface area (Å²) in [5, 5.41) is 0. The number of ketones is 1. The van der Waals surface area contributed by atoms with Gasteiger partial charge in [0.05, 0.1) is 6.61 Å². The number of hydrogen-bond donors (Lipinski definition) is 0. The minimum Gasteiger partial charge on any atom is -0.494 e. The second-order valence-corrected chi connectivity index (χ2v) is 4.82. The van der Waals surface area contributed by atoms with Crippen LogP contribution in [0.15, 0.2) is 24.3 Å². The first-order valence-electron chi connectivity index (χ1n) is 6.49. The van der Waals surface area contributed by atoms with Crippen LogP contribution in [0.5, 0.6) is 5.75 Å². The Balaban J connectivity index is 2.25. The molecule has 1 aromatic rings. The Labute approximate surface area is 114 Å². The molecule has 1 rings (SSSR count). The molecule has 0 unspecified atom stereocenters. The largest absolute Gasteiger partial charge is 0.494 e. The van der Waals surface area contributed by atoms with Crippen LogP contribution in [0.4, 0.5) is 0 Å². The highest BCUT2D eigenvalue weighted by Gasteiger charge is 1.98. The Hall–Kier alpha value is -1.02. The molecule has 0 atom stereocenters. The minimum atomic E-state index is 0.231. The van der Waals surface area contributed by atoms with Crippen molar-refractivity contribution >= 4 is 17.4 Å². The molecule has 0 bridgehead atoms. The van der Waals surface area contributed by atoms with Crippen molar-refractivity contribution in [1.82, 2.24) is 0 Å². The molecular weight excluding hydrogens is 248 g/mol. The van der Waals surface area contributed by atoms with Crippen LogP contribution in [0.3, 0.4) is 0 Å². The van der Waals surface area contributed by atoms with Gasteiger partial charge in [-0.05, 0) is 50.3 Å². The first-order valence-corrected chi connectivity index (χ1v) is 7.03. The number of halogens is 1. The maximum atomic E-state index is 10.9. The summed E-state index contributed by atoms with van der Waals surface area (Å²) in [6, 6.07) is 7.99. The first kappa shape index (κ1) is 15.0. The minimum absolute atomic E-state index is 0.231. The summed E-state index contributed by atoms with van der Waals surface area (Å²) >= 11 is 5.60. The fraction of sp³-hybridized carbons (Fsp3) is 0.533. The molecule has 0 saturated heterocycles. The van der Waals surface area contributed by atoms with Crippen LogP contribution in [0.2, 0.25) is 0 Å². The van der Waals surface area contributed by atoms with Crippen LogP contribution in [-0.4, -0.2) is 18.3 Å². The van der Waals surface area contributed by atoms with Crippen molar-refractivity contribution in [2.24, 2.45) is 0 Å². The van der Waals surface area contributed by atoms with Crippen molar-refractivity contribution in [3.05, 3.63) is 29.8 Å². The van der Waals surface area contributed by atoms with Gasteiger partial charge in [-0.15, -0.1) is 11.6 Å². The number of rotatable bonds is 9. The number of hydrogen-bond acceptors (Lipinski definition) is 2. The summed E-state index contributed by atoms with van der Waals surface area (Å²) in [4.78, 5) is 10.9. The number of ether oxygens (including phenoxy) is 1. The number of alkyl halides is 1. The van der Waals surface area contributed by atoms with E-state index < -0.39 is 0 Å². The lowest BCUT2D eigenvalue weighted by Gasteiger charge is -2.06. The molecule has 3 heteroatoms. The molecule has 0 saturated carbocycles. The molecule has 0 spiro atoms. The van der Waals surface area contributed by atoms with Gasteiger partial charge in [0.25, 0.3) is 0 Å². The predicted octanol–water partition coefficient (Wildman–Crippen LogP) is 4.00. The molecule has 0 fully saturated rings. The van der Waals surface area contributed by atoms with E-state index in [0.29, 0.717) is 6.42 Å². The van der Waals surface area contributed by atoms with Crippen molar-refractivity contribution in [3.63, 3.8) is 0 Å². The SMILES string of the molecule is CC(=O)CCc1ccc(OCCCCCCl)cc1. The Kier molecular flexibility index (Phi) is 7.51. The van der Waals surface area contributed by atoms with Crippen molar-refractivity contribution < 1.29 is 9.53 Å². The average Bonchev–Trinajstić information content (AvgIpc) is 2.37. The van der Waals surface area contributed by atoms with Crippen molar-refractivity contribution in [2.45, 2.75) is 39.0 Å². The van der Waals surface area contributed by atoms with Gasteiger partial charge in [-0.3, -0.25) is 0 Å². The van der Waals surface area contributed by atoms with Gasteiger partial charge in [0.2, 0.25) is 0 Å². The zero-order valence-electron chi connectivity index (χ0n) is 11.0. The highest BCUT2D eigenvalue weighted by molar-refractivity contribution is 6.17. The molecule has 2 nitrogen and oxygen atoms in total. The summed E-state index contributed by atoms with van der Waals surface area (Å²) in [6.45, 7) is 2.36. The number of unbranched alkanes of at least 4 members (excludes halogenated alkanes) is 2. The lowest BCUT2D eigenvalue weighted by atomic mass is 10.1. The van der Waals surface area contributed by atoms with Gasteiger partial charge in [-0.25, -0.2) is 0 Å². The van der Waals surface area contributed by atoms with Crippen LogP contribution in [0.25, 0.3) is 0 Å². The molecule has 0 N–H and O–H groups in total. The fourth-order valence-electron chi connectivity index (χ4n) is 1.64. The Morgan fingerprint density at radius 1 is 1.17 bits per heavy atom. The van der Waals surface area contributed by atoms with Crippen molar-refractivity contribution in [3.8, 4) is 5.75 Å². The molecule has 18 heavy (non-hydrogen) atoms. The molecule has 1 aromatic carbocycles. The first-order chi connectivity index (χ1) is 8.72. The normalized spacial score (nSPS) is 10.3. The number of aryl methyl sites for hydroxylation is 1. The molecule has 0 heterocycles. The molecule has 0 aliphatic heterocycles. The van der Waals surface area contributed by atoms with E-state index in [1.165, 1.54) is 5.56 Å². The predicted molar refractivity (Wildman–Crippen MR) is 75.5 cm³/mol. The van der Waals surface area contributed by atoms with Gasteiger partial charge in [0.1, 0.15) is 11.5 Å². The van der Waals surface area contributed by atoms with Crippen LogP contribution in [0.1, 0.15) is 38.2 Å². The highest BCUT2D eigenvalue weighted by Crippen LogP contribution is 2.14. The average molecular weight is 269 g/mol. The van der Waals surface area contributed by atoms with E-state index in [2.05, 4.69) is 0 Å².